The van der Waals surface area contributed by atoms with Crippen LogP contribution in [0.25, 0.3) is 11.0 Å². The monoisotopic (exact) mass is 248 g/mol. The van der Waals surface area contributed by atoms with E-state index >= 15 is 0 Å². The van der Waals surface area contributed by atoms with E-state index in [4.69, 9.17) is 0 Å². The van der Waals surface area contributed by atoms with Crippen molar-refractivity contribution in [3.63, 3.8) is 0 Å². The number of nitrogens with one attached hydrogen (secondary N) is 1. The molecule has 3 nitrogen and oxygen atoms in total. The van der Waals surface area contributed by atoms with Crippen LogP contribution in [0.5, 0.6) is 0 Å². The van der Waals surface area contributed by atoms with Crippen LogP contribution in [0.15, 0.2) is 23.0 Å². The fraction of sp³-hybridized carbons (Fsp3) is 0.462. The van der Waals surface area contributed by atoms with Crippen LogP contribution in [0.4, 0.5) is 0 Å². The van der Waals surface area contributed by atoms with Gasteiger partial charge in [0.1, 0.15) is 0 Å². The van der Waals surface area contributed by atoms with Gasteiger partial charge in [0.2, 0.25) is 0 Å². The molecule has 0 radical (unpaired) electrons. The van der Waals surface area contributed by atoms with Crippen LogP contribution in [0, 0.1) is 6.92 Å². The number of H-pyrrole nitrogens is 1. The van der Waals surface area contributed by atoms with Crippen LogP contribution >= 0.6 is 11.8 Å². The highest BCUT2D eigenvalue weighted by atomic mass is 32.2. The van der Waals surface area contributed by atoms with E-state index < -0.39 is 0 Å². The molecule has 1 aromatic heterocycles. The molecule has 2 aromatic rings. The highest BCUT2D eigenvalue weighted by Gasteiger charge is 2.19. The van der Waals surface area contributed by atoms with Gasteiger partial charge >= 0.3 is 5.69 Å². The molecule has 1 N–H and O–H groups in total. The van der Waals surface area contributed by atoms with E-state index in [9.17, 15) is 4.79 Å². The molecule has 0 amide bonds. The third-order valence-electron chi connectivity index (χ3n) is 3.37. The highest BCUT2D eigenvalue weighted by Crippen LogP contribution is 2.28. The summed E-state index contributed by atoms with van der Waals surface area (Å²) in [5.74, 6) is 2.29. The number of aromatic nitrogens is 2. The van der Waals surface area contributed by atoms with E-state index in [1.165, 1.54) is 17.7 Å². The van der Waals surface area contributed by atoms with Crippen LogP contribution in [-0.4, -0.2) is 21.1 Å². The van der Waals surface area contributed by atoms with Crippen molar-refractivity contribution in [2.75, 3.05) is 11.5 Å². The SMILES string of the molecule is Cc1ccc2[nH]c(=O)n(C3CCCSC3)c2c1. The maximum Gasteiger partial charge on any atom is 0.326 e. The van der Waals surface area contributed by atoms with Crippen molar-refractivity contribution in [1.29, 1.82) is 0 Å². The first-order valence-corrected chi connectivity index (χ1v) is 7.20. The molecule has 1 aliphatic heterocycles. The van der Waals surface area contributed by atoms with Gasteiger partial charge in [-0.2, -0.15) is 11.8 Å². The van der Waals surface area contributed by atoms with Crippen LogP contribution in [0.2, 0.25) is 0 Å². The fourth-order valence-corrected chi connectivity index (χ4v) is 3.65. The summed E-state index contributed by atoms with van der Waals surface area (Å²) in [4.78, 5) is 15.0. The number of hydrogen-bond donors (Lipinski definition) is 1. The summed E-state index contributed by atoms with van der Waals surface area (Å²) < 4.78 is 1.95. The highest BCUT2D eigenvalue weighted by molar-refractivity contribution is 7.99. The summed E-state index contributed by atoms with van der Waals surface area (Å²) in [7, 11) is 0. The lowest BCUT2D eigenvalue weighted by molar-refractivity contribution is 0.499. The number of hydrogen-bond acceptors (Lipinski definition) is 2. The Labute approximate surface area is 104 Å². The van der Waals surface area contributed by atoms with Crippen molar-refractivity contribution >= 4 is 22.8 Å². The molecule has 0 spiro atoms. The zero-order valence-corrected chi connectivity index (χ0v) is 10.7. The van der Waals surface area contributed by atoms with Gasteiger partial charge in [-0.25, -0.2) is 4.79 Å². The molecular formula is C13H16N2OS. The minimum Gasteiger partial charge on any atom is -0.306 e. The Bertz CT molecular complexity index is 593. The van der Waals surface area contributed by atoms with E-state index in [0.29, 0.717) is 6.04 Å². The minimum atomic E-state index is 0.0399. The van der Waals surface area contributed by atoms with Crippen LogP contribution in [-0.2, 0) is 0 Å². The number of benzene rings is 1. The van der Waals surface area contributed by atoms with Gasteiger partial charge in [0.05, 0.1) is 11.0 Å². The molecule has 1 unspecified atom stereocenters. The number of aryl methyl sites for hydroxylation is 1. The molecule has 17 heavy (non-hydrogen) atoms. The summed E-state index contributed by atoms with van der Waals surface area (Å²) in [5, 5.41) is 0. The van der Waals surface area contributed by atoms with E-state index in [1.807, 2.05) is 28.5 Å². The summed E-state index contributed by atoms with van der Waals surface area (Å²) in [6.45, 7) is 2.07. The summed E-state index contributed by atoms with van der Waals surface area (Å²) >= 11 is 1.95. The zero-order chi connectivity index (χ0) is 11.8. The minimum absolute atomic E-state index is 0.0399. The lowest BCUT2D eigenvalue weighted by Crippen LogP contribution is -2.25. The first-order valence-electron chi connectivity index (χ1n) is 6.04. The van der Waals surface area contributed by atoms with Crippen molar-refractivity contribution in [2.24, 2.45) is 0 Å². The van der Waals surface area contributed by atoms with Crippen molar-refractivity contribution in [3.05, 3.63) is 34.2 Å². The van der Waals surface area contributed by atoms with E-state index in [1.54, 1.807) is 0 Å². The molecule has 0 bridgehead atoms. The van der Waals surface area contributed by atoms with Gasteiger partial charge in [0, 0.05) is 11.8 Å². The first-order chi connectivity index (χ1) is 8.25. The quantitative estimate of drug-likeness (QED) is 0.842. The Morgan fingerprint density at radius 1 is 1.47 bits per heavy atom. The fourth-order valence-electron chi connectivity index (χ4n) is 2.52. The number of nitrogens with zero attached hydrogens (tertiary/aromatic N) is 1. The molecule has 1 saturated heterocycles. The second-order valence-electron chi connectivity index (χ2n) is 4.69. The molecule has 1 aromatic carbocycles. The lowest BCUT2D eigenvalue weighted by atomic mass is 10.1. The van der Waals surface area contributed by atoms with Crippen molar-refractivity contribution in [1.82, 2.24) is 9.55 Å². The standard InChI is InChI=1S/C13H16N2OS/c1-9-4-5-11-12(7-9)15(13(16)14-11)10-3-2-6-17-8-10/h4-5,7,10H,2-3,6,8H2,1H3,(H,14,16). The van der Waals surface area contributed by atoms with Gasteiger partial charge in [-0.3, -0.25) is 4.57 Å². The molecule has 1 atom stereocenters. The largest absolute Gasteiger partial charge is 0.326 e. The number of fused-ring (bicyclic) bond motifs is 1. The number of thioether (sulfide) groups is 1. The van der Waals surface area contributed by atoms with Crippen LogP contribution in [0.3, 0.4) is 0 Å². The molecule has 1 aliphatic rings. The second kappa shape index (κ2) is 4.26. The van der Waals surface area contributed by atoms with Crippen molar-refractivity contribution < 1.29 is 0 Å². The molecule has 2 heterocycles. The second-order valence-corrected chi connectivity index (χ2v) is 5.84. The van der Waals surface area contributed by atoms with Crippen LogP contribution < -0.4 is 5.69 Å². The molecule has 3 rings (SSSR count). The Hall–Kier alpha value is -1.16. The third-order valence-corrected chi connectivity index (χ3v) is 4.57. The average Bonchev–Trinajstić information content (AvgIpc) is 2.65. The van der Waals surface area contributed by atoms with Gasteiger partial charge in [0.15, 0.2) is 0 Å². The lowest BCUT2D eigenvalue weighted by Gasteiger charge is -2.22. The predicted molar refractivity (Wildman–Crippen MR) is 72.9 cm³/mol. The maximum atomic E-state index is 12.0. The van der Waals surface area contributed by atoms with Gasteiger partial charge in [-0.1, -0.05) is 6.07 Å². The molecular weight excluding hydrogens is 232 g/mol. The third kappa shape index (κ3) is 1.90. The maximum absolute atomic E-state index is 12.0. The average molecular weight is 248 g/mol. The Balaban J connectivity index is 2.16. The molecule has 1 fully saturated rings. The van der Waals surface area contributed by atoms with E-state index in [2.05, 4.69) is 18.0 Å². The first kappa shape index (κ1) is 11.0. The number of aromatic amines is 1. The smallest absolute Gasteiger partial charge is 0.306 e. The van der Waals surface area contributed by atoms with Crippen LogP contribution in [0.1, 0.15) is 24.4 Å². The van der Waals surface area contributed by atoms with Crippen molar-refractivity contribution in [3.8, 4) is 0 Å². The van der Waals surface area contributed by atoms with Gasteiger partial charge in [0.25, 0.3) is 0 Å². The Morgan fingerprint density at radius 2 is 2.35 bits per heavy atom. The summed E-state index contributed by atoms with van der Waals surface area (Å²) in [5.41, 5.74) is 3.26. The predicted octanol–water partition coefficient (Wildman–Crippen LogP) is 2.71. The Kier molecular flexibility index (Phi) is 2.74. The van der Waals surface area contributed by atoms with Gasteiger partial charge < -0.3 is 4.98 Å². The summed E-state index contributed by atoms with van der Waals surface area (Å²) in [6.07, 6.45) is 2.33. The molecule has 0 saturated carbocycles. The zero-order valence-electron chi connectivity index (χ0n) is 9.90. The van der Waals surface area contributed by atoms with E-state index in [0.717, 1.165) is 23.2 Å². The van der Waals surface area contributed by atoms with Crippen molar-refractivity contribution in [2.45, 2.75) is 25.8 Å². The van der Waals surface area contributed by atoms with Gasteiger partial charge in [-0.15, -0.1) is 0 Å². The molecule has 4 heteroatoms. The Morgan fingerprint density at radius 3 is 3.12 bits per heavy atom. The molecule has 90 valence electrons. The summed E-state index contributed by atoms with van der Waals surface area (Å²) in [6, 6.07) is 6.50. The number of rotatable bonds is 1. The molecule has 0 aliphatic carbocycles. The normalized spacial score (nSPS) is 20.9. The topological polar surface area (TPSA) is 37.8 Å². The van der Waals surface area contributed by atoms with Gasteiger partial charge in [-0.05, 0) is 43.2 Å². The number of imidazole rings is 1. The van der Waals surface area contributed by atoms with E-state index in [-0.39, 0.29) is 5.69 Å².